The smallest absolute Gasteiger partial charge is 0.277 e. The molecule has 0 atom stereocenters. The van der Waals surface area contributed by atoms with Gasteiger partial charge in [-0.2, -0.15) is 5.10 Å². The minimum atomic E-state index is -0.281. The lowest BCUT2D eigenvalue weighted by atomic mass is 10.1. The lowest BCUT2D eigenvalue weighted by Gasteiger charge is -2.06. The number of hydrogen-bond acceptors (Lipinski definition) is 3. The molecule has 0 aromatic heterocycles. The summed E-state index contributed by atoms with van der Waals surface area (Å²) in [6.07, 6.45) is 1.00. The second-order valence-corrected chi connectivity index (χ2v) is 5.39. The van der Waals surface area contributed by atoms with Gasteiger partial charge in [0.2, 0.25) is 0 Å². The molecule has 0 radical (unpaired) electrons. The average Bonchev–Trinajstić information content (AvgIpc) is 2.58. The highest BCUT2D eigenvalue weighted by atomic mass is 16.5. The predicted molar refractivity (Wildman–Crippen MR) is 92.8 cm³/mol. The van der Waals surface area contributed by atoms with Crippen LogP contribution in [-0.4, -0.2) is 18.2 Å². The van der Waals surface area contributed by atoms with E-state index in [2.05, 4.69) is 29.6 Å². The number of hydrazone groups is 1. The summed E-state index contributed by atoms with van der Waals surface area (Å²) in [7, 11) is 0. The zero-order chi connectivity index (χ0) is 16.7. The summed E-state index contributed by atoms with van der Waals surface area (Å²) < 4.78 is 5.44. The van der Waals surface area contributed by atoms with Gasteiger partial charge in [0.05, 0.1) is 5.71 Å². The highest BCUT2D eigenvalue weighted by molar-refractivity contribution is 5.99. The average molecular weight is 310 g/mol. The molecule has 23 heavy (non-hydrogen) atoms. The van der Waals surface area contributed by atoms with E-state index in [1.54, 1.807) is 0 Å². The third-order valence-electron chi connectivity index (χ3n) is 3.49. The molecule has 0 aliphatic rings. The zero-order valence-electron chi connectivity index (χ0n) is 13.8. The van der Waals surface area contributed by atoms with Crippen LogP contribution in [0.15, 0.2) is 53.6 Å². The molecule has 0 fully saturated rings. The van der Waals surface area contributed by atoms with Crippen molar-refractivity contribution in [2.75, 3.05) is 6.61 Å². The standard InChI is InChI=1S/C19H22N2O2/c1-4-16-8-10-17(11-9-16)15(3)20-21-19(22)13-23-18-7-5-6-14(2)12-18/h5-12H,4,13H2,1-3H3,(H,21,22). The van der Waals surface area contributed by atoms with E-state index in [4.69, 9.17) is 4.74 Å². The monoisotopic (exact) mass is 310 g/mol. The molecular formula is C19H22N2O2. The Morgan fingerprint density at radius 1 is 1.17 bits per heavy atom. The fourth-order valence-corrected chi connectivity index (χ4v) is 2.08. The third kappa shape index (κ3) is 5.25. The first-order valence-corrected chi connectivity index (χ1v) is 7.70. The second-order valence-electron chi connectivity index (χ2n) is 5.39. The van der Waals surface area contributed by atoms with Crippen LogP contribution in [-0.2, 0) is 11.2 Å². The molecule has 0 heterocycles. The topological polar surface area (TPSA) is 50.7 Å². The zero-order valence-corrected chi connectivity index (χ0v) is 13.8. The number of amides is 1. The van der Waals surface area contributed by atoms with Crippen LogP contribution >= 0.6 is 0 Å². The minimum absolute atomic E-state index is 0.0605. The van der Waals surface area contributed by atoms with Crippen molar-refractivity contribution in [3.05, 3.63) is 65.2 Å². The molecule has 1 amide bonds. The molecule has 2 aromatic rings. The van der Waals surface area contributed by atoms with Crippen LogP contribution in [0.3, 0.4) is 0 Å². The summed E-state index contributed by atoms with van der Waals surface area (Å²) in [5, 5.41) is 4.12. The van der Waals surface area contributed by atoms with Crippen molar-refractivity contribution >= 4 is 11.6 Å². The van der Waals surface area contributed by atoms with Crippen molar-refractivity contribution in [1.29, 1.82) is 0 Å². The SMILES string of the molecule is CCc1ccc(C(C)=NNC(=O)COc2cccc(C)c2)cc1. The molecule has 0 unspecified atom stereocenters. The Kier molecular flexibility index (Phi) is 5.92. The summed E-state index contributed by atoms with van der Waals surface area (Å²) in [6, 6.07) is 15.7. The molecule has 0 aliphatic heterocycles. The number of nitrogens with one attached hydrogen (secondary N) is 1. The van der Waals surface area contributed by atoms with E-state index in [0.29, 0.717) is 5.75 Å². The number of carbonyl (C=O) groups is 1. The van der Waals surface area contributed by atoms with E-state index in [0.717, 1.165) is 23.3 Å². The van der Waals surface area contributed by atoms with Gasteiger partial charge in [-0.05, 0) is 49.1 Å². The van der Waals surface area contributed by atoms with Crippen molar-refractivity contribution < 1.29 is 9.53 Å². The van der Waals surface area contributed by atoms with E-state index in [9.17, 15) is 4.79 Å². The Labute approximate surface area is 137 Å². The number of ether oxygens (including phenoxy) is 1. The number of benzene rings is 2. The molecule has 0 saturated carbocycles. The predicted octanol–water partition coefficient (Wildman–Crippen LogP) is 3.48. The first-order valence-electron chi connectivity index (χ1n) is 7.70. The van der Waals surface area contributed by atoms with Crippen LogP contribution in [0.5, 0.6) is 5.75 Å². The number of aryl methyl sites for hydroxylation is 2. The number of rotatable bonds is 6. The van der Waals surface area contributed by atoms with Gasteiger partial charge in [0.25, 0.3) is 5.91 Å². The normalized spacial score (nSPS) is 11.2. The van der Waals surface area contributed by atoms with Crippen LogP contribution in [0.2, 0.25) is 0 Å². The van der Waals surface area contributed by atoms with Crippen LogP contribution in [0.1, 0.15) is 30.5 Å². The molecule has 4 heteroatoms. The van der Waals surface area contributed by atoms with Gasteiger partial charge >= 0.3 is 0 Å². The van der Waals surface area contributed by atoms with E-state index in [-0.39, 0.29) is 12.5 Å². The lowest BCUT2D eigenvalue weighted by molar-refractivity contribution is -0.123. The number of hydrogen-bond donors (Lipinski definition) is 1. The fourth-order valence-electron chi connectivity index (χ4n) is 2.08. The minimum Gasteiger partial charge on any atom is -0.484 e. The molecule has 120 valence electrons. The van der Waals surface area contributed by atoms with Gasteiger partial charge in [-0.15, -0.1) is 0 Å². The van der Waals surface area contributed by atoms with Crippen molar-refractivity contribution in [1.82, 2.24) is 5.43 Å². The molecular weight excluding hydrogens is 288 g/mol. The van der Waals surface area contributed by atoms with Crippen molar-refractivity contribution in [2.24, 2.45) is 5.10 Å². The van der Waals surface area contributed by atoms with E-state index in [1.165, 1.54) is 5.56 Å². The molecule has 0 bridgehead atoms. The van der Waals surface area contributed by atoms with E-state index >= 15 is 0 Å². The summed E-state index contributed by atoms with van der Waals surface area (Å²) in [5.74, 6) is 0.395. The van der Waals surface area contributed by atoms with Gasteiger partial charge in [0.1, 0.15) is 5.75 Å². The Morgan fingerprint density at radius 3 is 2.57 bits per heavy atom. The Bertz CT molecular complexity index is 691. The summed E-state index contributed by atoms with van der Waals surface area (Å²) >= 11 is 0. The highest BCUT2D eigenvalue weighted by Gasteiger charge is 2.03. The number of carbonyl (C=O) groups excluding carboxylic acids is 1. The summed E-state index contributed by atoms with van der Waals surface area (Å²) in [4.78, 5) is 11.8. The maximum Gasteiger partial charge on any atom is 0.277 e. The van der Waals surface area contributed by atoms with Crippen LogP contribution in [0.4, 0.5) is 0 Å². The van der Waals surface area contributed by atoms with Crippen LogP contribution in [0, 0.1) is 6.92 Å². The lowest BCUT2D eigenvalue weighted by Crippen LogP contribution is -2.25. The maximum atomic E-state index is 11.8. The Morgan fingerprint density at radius 2 is 1.91 bits per heavy atom. The second kappa shape index (κ2) is 8.13. The first-order chi connectivity index (χ1) is 11.1. The maximum absolute atomic E-state index is 11.8. The molecule has 0 aliphatic carbocycles. The van der Waals surface area contributed by atoms with Crippen molar-refractivity contribution in [3.8, 4) is 5.75 Å². The Hall–Kier alpha value is -2.62. The van der Waals surface area contributed by atoms with Gasteiger partial charge in [0.15, 0.2) is 6.61 Å². The van der Waals surface area contributed by atoms with Gasteiger partial charge in [-0.3, -0.25) is 4.79 Å². The quantitative estimate of drug-likeness (QED) is 0.656. The van der Waals surface area contributed by atoms with Gasteiger partial charge in [0, 0.05) is 0 Å². The molecule has 1 N–H and O–H groups in total. The molecule has 0 saturated heterocycles. The van der Waals surface area contributed by atoms with Crippen molar-refractivity contribution in [2.45, 2.75) is 27.2 Å². The van der Waals surface area contributed by atoms with Crippen LogP contribution in [0.25, 0.3) is 0 Å². The van der Waals surface area contributed by atoms with Gasteiger partial charge in [-0.25, -0.2) is 5.43 Å². The third-order valence-corrected chi connectivity index (χ3v) is 3.49. The van der Waals surface area contributed by atoms with E-state index < -0.39 is 0 Å². The molecule has 0 spiro atoms. The molecule has 4 nitrogen and oxygen atoms in total. The Balaban J connectivity index is 1.86. The first kappa shape index (κ1) is 16.7. The fraction of sp³-hybridized carbons (Fsp3) is 0.263. The van der Waals surface area contributed by atoms with E-state index in [1.807, 2.05) is 50.2 Å². The summed E-state index contributed by atoms with van der Waals surface area (Å²) in [6.45, 7) is 5.90. The van der Waals surface area contributed by atoms with Gasteiger partial charge in [-0.1, -0.05) is 43.3 Å². The largest absolute Gasteiger partial charge is 0.484 e. The van der Waals surface area contributed by atoms with Crippen LogP contribution < -0.4 is 10.2 Å². The van der Waals surface area contributed by atoms with Gasteiger partial charge < -0.3 is 4.74 Å². The summed E-state index contributed by atoms with van der Waals surface area (Å²) in [5.41, 5.74) is 6.63. The number of nitrogens with zero attached hydrogens (tertiary/aromatic N) is 1. The highest BCUT2D eigenvalue weighted by Crippen LogP contribution is 2.12. The van der Waals surface area contributed by atoms with Crippen molar-refractivity contribution in [3.63, 3.8) is 0 Å². The molecule has 2 rings (SSSR count). The molecule has 2 aromatic carbocycles.